The standard InChI is InChI=1S/C18H26N4O/c1-6-21(4)12-13(2)18(23)19-17-14(3)16(20-22(17)5)15-10-8-7-9-11-15/h7-11,13H,6,12H2,1-5H3,(H,19,23). The first-order chi connectivity index (χ1) is 10.9. The van der Waals surface area contributed by atoms with Gasteiger partial charge in [-0.15, -0.1) is 0 Å². The van der Waals surface area contributed by atoms with Crippen molar-refractivity contribution in [1.82, 2.24) is 14.7 Å². The fourth-order valence-electron chi connectivity index (χ4n) is 2.59. The average molecular weight is 314 g/mol. The molecule has 0 radical (unpaired) electrons. The van der Waals surface area contributed by atoms with Crippen molar-refractivity contribution in [1.29, 1.82) is 0 Å². The van der Waals surface area contributed by atoms with Crippen molar-refractivity contribution in [2.75, 3.05) is 25.5 Å². The Labute approximate surface area is 138 Å². The summed E-state index contributed by atoms with van der Waals surface area (Å²) in [5, 5.41) is 7.59. The van der Waals surface area contributed by atoms with Gasteiger partial charge in [0, 0.05) is 30.6 Å². The van der Waals surface area contributed by atoms with Crippen molar-refractivity contribution in [2.24, 2.45) is 13.0 Å². The van der Waals surface area contributed by atoms with Crippen LogP contribution >= 0.6 is 0 Å². The van der Waals surface area contributed by atoms with Gasteiger partial charge in [0.15, 0.2) is 0 Å². The van der Waals surface area contributed by atoms with Crippen molar-refractivity contribution in [3.05, 3.63) is 35.9 Å². The maximum atomic E-state index is 12.4. The molecule has 0 spiro atoms. The Bertz CT molecular complexity index is 663. The fourth-order valence-corrected chi connectivity index (χ4v) is 2.59. The van der Waals surface area contributed by atoms with Gasteiger partial charge in [-0.1, -0.05) is 44.2 Å². The summed E-state index contributed by atoms with van der Waals surface area (Å²) in [4.78, 5) is 14.6. The molecule has 2 rings (SSSR count). The summed E-state index contributed by atoms with van der Waals surface area (Å²) in [5.74, 6) is 0.713. The van der Waals surface area contributed by atoms with Gasteiger partial charge in [-0.25, -0.2) is 0 Å². The molecule has 1 aromatic carbocycles. The number of rotatable bonds is 6. The van der Waals surface area contributed by atoms with E-state index in [1.165, 1.54) is 0 Å². The third kappa shape index (κ3) is 3.99. The van der Waals surface area contributed by atoms with Gasteiger partial charge >= 0.3 is 0 Å². The molecule has 0 fully saturated rings. The third-order valence-corrected chi connectivity index (χ3v) is 4.15. The molecule has 1 aromatic heterocycles. The number of hydrogen-bond donors (Lipinski definition) is 1. The first-order valence-corrected chi connectivity index (χ1v) is 8.02. The Balaban J connectivity index is 2.18. The molecule has 0 bridgehead atoms. The molecule has 0 aliphatic heterocycles. The van der Waals surface area contributed by atoms with Crippen molar-refractivity contribution >= 4 is 11.7 Å². The van der Waals surface area contributed by atoms with Crippen LogP contribution in [0.5, 0.6) is 0 Å². The topological polar surface area (TPSA) is 50.2 Å². The van der Waals surface area contributed by atoms with Crippen molar-refractivity contribution in [2.45, 2.75) is 20.8 Å². The second kappa shape index (κ2) is 7.42. The zero-order chi connectivity index (χ0) is 17.0. The quantitative estimate of drug-likeness (QED) is 0.892. The summed E-state index contributed by atoms with van der Waals surface area (Å²) in [7, 11) is 3.88. The molecule has 0 aliphatic carbocycles. The molecule has 1 N–H and O–H groups in total. The number of aromatic nitrogens is 2. The van der Waals surface area contributed by atoms with Crippen LogP contribution in [0.1, 0.15) is 19.4 Å². The van der Waals surface area contributed by atoms with E-state index in [0.29, 0.717) is 0 Å². The molecule has 1 unspecified atom stereocenters. The molecule has 5 nitrogen and oxygen atoms in total. The van der Waals surface area contributed by atoms with Gasteiger partial charge in [0.2, 0.25) is 5.91 Å². The van der Waals surface area contributed by atoms with Gasteiger partial charge in [0.05, 0.1) is 5.69 Å². The Kier molecular flexibility index (Phi) is 5.55. The number of anilines is 1. The maximum absolute atomic E-state index is 12.4. The summed E-state index contributed by atoms with van der Waals surface area (Å²) >= 11 is 0. The molecule has 5 heteroatoms. The second-order valence-corrected chi connectivity index (χ2v) is 6.06. The SMILES string of the molecule is CCN(C)CC(C)C(=O)Nc1c(C)c(-c2ccccc2)nn1C. The maximum Gasteiger partial charge on any atom is 0.229 e. The van der Waals surface area contributed by atoms with Gasteiger partial charge in [-0.2, -0.15) is 5.10 Å². The average Bonchev–Trinajstić information content (AvgIpc) is 2.83. The summed E-state index contributed by atoms with van der Waals surface area (Å²) in [6, 6.07) is 10.0. The monoisotopic (exact) mass is 314 g/mol. The van der Waals surface area contributed by atoms with Gasteiger partial charge in [0.1, 0.15) is 5.82 Å². The number of carbonyl (C=O) groups excluding carboxylic acids is 1. The van der Waals surface area contributed by atoms with Gasteiger partial charge in [-0.05, 0) is 20.5 Å². The fraction of sp³-hybridized carbons (Fsp3) is 0.444. The van der Waals surface area contributed by atoms with E-state index in [4.69, 9.17) is 0 Å². The smallest absolute Gasteiger partial charge is 0.229 e. The summed E-state index contributed by atoms with van der Waals surface area (Å²) in [6.07, 6.45) is 0. The summed E-state index contributed by atoms with van der Waals surface area (Å²) in [6.45, 7) is 7.70. The number of nitrogens with one attached hydrogen (secondary N) is 1. The number of carbonyl (C=O) groups is 1. The molecular formula is C18H26N4O. The van der Waals surface area contributed by atoms with E-state index in [2.05, 4.69) is 22.2 Å². The van der Waals surface area contributed by atoms with E-state index in [1.54, 1.807) is 4.68 Å². The van der Waals surface area contributed by atoms with Crippen LogP contribution in [0.3, 0.4) is 0 Å². The lowest BCUT2D eigenvalue weighted by atomic mass is 10.1. The summed E-state index contributed by atoms with van der Waals surface area (Å²) in [5.41, 5.74) is 2.95. The van der Waals surface area contributed by atoms with E-state index in [-0.39, 0.29) is 11.8 Å². The molecule has 1 amide bonds. The van der Waals surface area contributed by atoms with Crippen LogP contribution in [-0.4, -0.2) is 40.7 Å². The number of benzene rings is 1. The van der Waals surface area contributed by atoms with Crippen LogP contribution in [0.4, 0.5) is 5.82 Å². The molecule has 124 valence electrons. The lowest BCUT2D eigenvalue weighted by Gasteiger charge is -2.19. The Morgan fingerprint density at radius 2 is 2.00 bits per heavy atom. The molecule has 0 aliphatic rings. The molecule has 1 heterocycles. The minimum atomic E-state index is -0.0746. The second-order valence-electron chi connectivity index (χ2n) is 6.06. The minimum Gasteiger partial charge on any atom is -0.310 e. The first-order valence-electron chi connectivity index (χ1n) is 8.02. The van der Waals surface area contributed by atoms with Gasteiger partial charge < -0.3 is 10.2 Å². The molecular weight excluding hydrogens is 288 g/mol. The van der Waals surface area contributed by atoms with E-state index in [9.17, 15) is 4.79 Å². The number of aryl methyl sites for hydroxylation is 1. The van der Waals surface area contributed by atoms with Crippen LogP contribution in [0.2, 0.25) is 0 Å². The van der Waals surface area contributed by atoms with Crippen LogP contribution in [0.25, 0.3) is 11.3 Å². The zero-order valence-corrected chi connectivity index (χ0v) is 14.6. The highest BCUT2D eigenvalue weighted by atomic mass is 16.2. The van der Waals surface area contributed by atoms with Crippen molar-refractivity contribution in [3.8, 4) is 11.3 Å². The highest BCUT2D eigenvalue weighted by Gasteiger charge is 2.19. The lowest BCUT2D eigenvalue weighted by molar-refractivity contribution is -0.119. The highest BCUT2D eigenvalue weighted by Crippen LogP contribution is 2.27. The molecule has 0 saturated heterocycles. The van der Waals surface area contributed by atoms with Crippen molar-refractivity contribution in [3.63, 3.8) is 0 Å². The van der Waals surface area contributed by atoms with E-state index in [1.807, 2.05) is 58.3 Å². The summed E-state index contributed by atoms with van der Waals surface area (Å²) < 4.78 is 1.74. The highest BCUT2D eigenvalue weighted by molar-refractivity contribution is 5.93. The predicted octanol–water partition coefficient (Wildman–Crippen LogP) is 2.92. The van der Waals surface area contributed by atoms with E-state index >= 15 is 0 Å². The predicted molar refractivity (Wildman–Crippen MR) is 94.3 cm³/mol. The Morgan fingerprint density at radius 1 is 1.35 bits per heavy atom. The minimum absolute atomic E-state index is 0.0241. The Hall–Kier alpha value is -2.14. The zero-order valence-electron chi connectivity index (χ0n) is 14.6. The number of nitrogens with zero attached hydrogens (tertiary/aromatic N) is 3. The van der Waals surface area contributed by atoms with Gasteiger partial charge in [-0.3, -0.25) is 9.48 Å². The van der Waals surface area contributed by atoms with Crippen LogP contribution in [-0.2, 0) is 11.8 Å². The lowest BCUT2D eigenvalue weighted by Crippen LogP contribution is -2.32. The first kappa shape index (κ1) is 17.2. The molecule has 1 atom stereocenters. The number of hydrogen-bond acceptors (Lipinski definition) is 3. The molecule has 0 saturated carbocycles. The molecule has 23 heavy (non-hydrogen) atoms. The normalized spacial score (nSPS) is 12.4. The largest absolute Gasteiger partial charge is 0.310 e. The van der Waals surface area contributed by atoms with E-state index < -0.39 is 0 Å². The van der Waals surface area contributed by atoms with Gasteiger partial charge in [0.25, 0.3) is 0 Å². The van der Waals surface area contributed by atoms with Crippen LogP contribution < -0.4 is 5.32 Å². The number of amides is 1. The Morgan fingerprint density at radius 3 is 2.61 bits per heavy atom. The van der Waals surface area contributed by atoms with E-state index in [0.717, 1.165) is 35.7 Å². The van der Waals surface area contributed by atoms with Crippen molar-refractivity contribution < 1.29 is 4.79 Å². The third-order valence-electron chi connectivity index (χ3n) is 4.15. The van der Waals surface area contributed by atoms with Crippen LogP contribution in [0.15, 0.2) is 30.3 Å². The van der Waals surface area contributed by atoms with Crippen LogP contribution in [0, 0.1) is 12.8 Å². The molecule has 2 aromatic rings.